The fourth-order valence-electron chi connectivity index (χ4n) is 0.246. The molecule has 2 N–H and O–H groups in total. The maximum absolute atomic E-state index is 5.04. The lowest BCUT2D eigenvalue weighted by atomic mass is 10.7. The number of rotatable bonds is 2. The highest BCUT2D eigenvalue weighted by Gasteiger charge is 1.84. The van der Waals surface area contributed by atoms with E-state index in [9.17, 15) is 0 Å². The van der Waals surface area contributed by atoms with Gasteiger partial charge in [0, 0.05) is 7.05 Å². The number of hydrazine groups is 1. The summed E-state index contributed by atoms with van der Waals surface area (Å²) in [6.45, 7) is 5.18. The van der Waals surface area contributed by atoms with Gasteiger partial charge in [-0.3, -0.25) is 0 Å². The van der Waals surface area contributed by atoms with Crippen molar-refractivity contribution in [1.29, 1.82) is 0 Å². The lowest BCUT2D eigenvalue weighted by molar-refractivity contribution is -0.0975. The summed E-state index contributed by atoms with van der Waals surface area (Å²) in [4.78, 5) is 4.67. The fourth-order valence-corrected chi connectivity index (χ4v) is 0.246. The molecule has 0 amide bonds. The van der Waals surface area contributed by atoms with Gasteiger partial charge in [-0.2, -0.15) is 0 Å². The van der Waals surface area contributed by atoms with Crippen LogP contribution in [0.25, 0.3) is 0 Å². The van der Waals surface area contributed by atoms with Gasteiger partial charge in [-0.25, -0.2) is 5.84 Å². The minimum Gasteiger partial charge on any atom is -0.397 e. The van der Waals surface area contributed by atoms with Crippen LogP contribution in [0.3, 0.4) is 0 Å². The van der Waals surface area contributed by atoms with Crippen molar-refractivity contribution in [2.24, 2.45) is 5.84 Å². The largest absolute Gasteiger partial charge is 0.397 e. The Kier molecular flexibility index (Phi) is 2.40. The second kappa shape index (κ2) is 2.60. The second-order valence-corrected chi connectivity index (χ2v) is 1.34. The van der Waals surface area contributed by atoms with Crippen LogP contribution in [-0.2, 0) is 4.84 Å². The first-order valence-electron chi connectivity index (χ1n) is 1.95. The predicted octanol–water partition coefficient (Wildman–Crippen LogP) is 0.257. The molecule has 0 bridgehead atoms. The summed E-state index contributed by atoms with van der Waals surface area (Å²) in [6.07, 6.45) is 0. The van der Waals surface area contributed by atoms with E-state index in [1.54, 1.807) is 14.0 Å². The first-order chi connectivity index (χ1) is 3.13. The monoisotopic (exact) mass is 102 g/mol. The zero-order valence-electron chi connectivity index (χ0n) is 4.64. The molecule has 0 rings (SSSR count). The van der Waals surface area contributed by atoms with E-state index in [1.165, 1.54) is 0 Å². The van der Waals surface area contributed by atoms with Crippen molar-refractivity contribution < 1.29 is 4.84 Å². The summed E-state index contributed by atoms with van der Waals surface area (Å²) < 4.78 is 0. The van der Waals surface area contributed by atoms with Crippen molar-refractivity contribution in [2.45, 2.75) is 6.92 Å². The van der Waals surface area contributed by atoms with Crippen molar-refractivity contribution in [2.75, 3.05) is 7.05 Å². The SMILES string of the molecule is C=C(C)ON(C)N. The van der Waals surface area contributed by atoms with E-state index >= 15 is 0 Å². The molecule has 0 unspecified atom stereocenters. The van der Waals surface area contributed by atoms with Crippen molar-refractivity contribution >= 4 is 0 Å². The van der Waals surface area contributed by atoms with Crippen LogP contribution in [0.5, 0.6) is 0 Å². The summed E-state index contributed by atoms with van der Waals surface area (Å²) in [5, 5.41) is 1.10. The van der Waals surface area contributed by atoms with E-state index in [0.717, 1.165) is 5.17 Å². The minimum absolute atomic E-state index is 0.588. The molecule has 42 valence electrons. The fraction of sp³-hybridized carbons (Fsp3) is 0.500. The average molecular weight is 102 g/mol. The van der Waals surface area contributed by atoms with Gasteiger partial charge in [0.15, 0.2) is 0 Å². The number of hydroxylamine groups is 1. The standard InChI is InChI=1S/C4H10N2O/c1-4(2)7-6(3)5/h1,5H2,2-3H3. The number of allylic oxidation sites excluding steroid dienone is 1. The topological polar surface area (TPSA) is 38.5 Å². The maximum Gasteiger partial charge on any atom is 0.116 e. The van der Waals surface area contributed by atoms with Crippen LogP contribution in [0.4, 0.5) is 0 Å². The van der Waals surface area contributed by atoms with Gasteiger partial charge in [-0.15, -0.1) is 0 Å². The van der Waals surface area contributed by atoms with Crippen LogP contribution in [0.15, 0.2) is 12.3 Å². The molecule has 0 saturated carbocycles. The zero-order chi connectivity index (χ0) is 5.86. The average Bonchev–Trinajstić information content (AvgIpc) is 1.27. The Balaban J connectivity index is 3.13. The number of hydrogen-bond donors (Lipinski definition) is 1. The molecule has 3 heteroatoms. The third kappa shape index (κ3) is 5.46. The molecule has 0 fully saturated rings. The van der Waals surface area contributed by atoms with Crippen molar-refractivity contribution in [3.05, 3.63) is 12.3 Å². The Hall–Kier alpha value is -0.540. The quantitative estimate of drug-likeness (QED) is 0.309. The number of hydrogen-bond acceptors (Lipinski definition) is 3. The molecular weight excluding hydrogens is 92.1 g/mol. The van der Waals surface area contributed by atoms with E-state index in [0.29, 0.717) is 5.76 Å². The molecule has 0 atom stereocenters. The van der Waals surface area contributed by atoms with E-state index < -0.39 is 0 Å². The van der Waals surface area contributed by atoms with Gasteiger partial charge < -0.3 is 4.84 Å². The maximum atomic E-state index is 5.04. The van der Waals surface area contributed by atoms with Gasteiger partial charge in [0.05, 0.1) is 0 Å². The van der Waals surface area contributed by atoms with Gasteiger partial charge in [0.1, 0.15) is 5.76 Å². The molecular formula is C4H10N2O. The van der Waals surface area contributed by atoms with E-state index in [-0.39, 0.29) is 0 Å². The van der Waals surface area contributed by atoms with Gasteiger partial charge in [0.25, 0.3) is 0 Å². The summed E-state index contributed by atoms with van der Waals surface area (Å²) in [5.74, 6) is 5.63. The Morgan fingerprint density at radius 1 is 1.86 bits per heavy atom. The van der Waals surface area contributed by atoms with Gasteiger partial charge in [-0.05, 0) is 6.92 Å². The minimum atomic E-state index is 0.588. The molecule has 0 aromatic rings. The summed E-state index contributed by atoms with van der Waals surface area (Å²) in [6, 6.07) is 0. The third-order valence-electron chi connectivity index (χ3n) is 0.300. The number of nitrogens with zero attached hydrogens (tertiary/aromatic N) is 1. The first-order valence-corrected chi connectivity index (χ1v) is 1.95. The molecule has 0 aromatic carbocycles. The smallest absolute Gasteiger partial charge is 0.116 e. The molecule has 0 heterocycles. The van der Waals surface area contributed by atoms with Crippen LogP contribution in [-0.4, -0.2) is 12.2 Å². The Labute approximate surface area is 43.3 Å². The lowest BCUT2D eigenvalue weighted by Gasteiger charge is -2.08. The number of nitrogens with two attached hydrogens (primary N) is 1. The Bertz CT molecular complexity index is 70.1. The molecule has 0 spiro atoms. The third-order valence-corrected chi connectivity index (χ3v) is 0.300. The highest BCUT2D eigenvalue weighted by molar-refractivity contribution is 4.71. The molecule has 0 aromatic heterocycles. The lowest BCUT2D eigenvalue weighted by Crippen LogP contribution is -2.24. The van der Waals surface area contributed by atoms with Gasteiger partial charge in [0.2, 0.25) is 0 Å². The molecule has 0 aliphatic carbocycles. The highest BCUT2D eigenvalue weighted by Crippen LogP contribution is 1.87. The summed E-state index contributed by atoms with van der Waals surface area (Å²) in [7, 11) is 1.59. The van der Waals surface area contributed by atoms with E-state index in [1.807, 2.05) is 0 Å². The second-order valence-electron chi connectivity index (χ2n) is 1.34. The predicted molar refractivity (Wildman–Crippen MR) is 27.8 cm³/mol. The summed E-state index contributed by atoms with van der Waals surface area (Å²) in [5.41, 5.74) is 0. The molecule has 0 aliphatic heterocycles. The van der Waals surface area contributed by atoms with Crippen molar-refractivity contribution in [3.63, 3.8) is 0 Å². The van der Waals surface area contributed by atoms with Crippen LogP contribution in [0.2, 0.25) is 0 Å². The molecule has 0 radical (unpaired) electrons. The Morgan fingerprint density at radius 3 is 2.29 bits per heavy atom. The molecule has 3 nitrogen and oxygen atoms in total. The normalized spacial score (nSPS) is 9.14. The molecule has 7 heavy (non-hydrogen) atoms. The van der Waals surface area contributed by atoms with Crippen molar-refractivity contribution in [3.8, 4) is 0 Å². The zero-order valence-corrected chi connectivity index (χ0v) is 4.64. The molecule has 0 saturated heterocycles. The molecule has 0 aliphatic rings. The van der Waals surface area contributed by atoms with Crippen LogP contribution < -0.4 is 5.84 Å². The van der Waals surface area contributed by atoms with E-state index in [2.05, 4.69) is 11.4 Å². The van der Waals surface area contributed by atoms with Gasteiger partial charge >= 0.3 is 0 Å². The summed E-state index contributed by atoms with van der Waals surface area (Å²) >= 11 is 0. The van der Waals surface area contributed by atoms with E-state index in [4.69, 9.17) is 5.84 Å². The van der Waals surface area contributed by atoms with Crippen LogP contribution in [0.1, 0.15) is 6.92 Å². The highest BCUT2D eigenvalue weighted by atomic mass is 16.7. The van der Waals surface area contributed by atoms with Crippen molar-refractivity contribution in [1.82, 2.24) is 5.17 Å². The van der Waals surface area contributed by atoms with Crippen LogP contribution in [0, 0.1) is 0 Å². The van der Waals surface area contributed by atoms with Gasteiger partial charge in [-0.1, -0.05) is 11.8 Å². The first kappa shape index (κ1) is 6.46. The Morgan fingerprint density at radius 2 is 2.29 bits per heavy atom. The van der Waals surface area contributed by atoms with Crippen LogP contribution >= 0.6 is 0 Å².